The van der Waals surface area contributed by atoms with Gasteiger partial charge in [-0.25, -0.2) is 0 Å². The first kappa shape index (κ1) is 12.9. The Kier molecular flexibility index (Phi) is 4.11. The zero-order valence-corrected chi connectivity index (χ0v) is 11.6. The zero-order valence-electron chi connectivity index (χ0n) is 10.8. The summed E-state index contributed by atoms with van der Waals surface area (Å²) in [6.45, 7) is 6.89. The predicted octanol–water partition coefficient (Wildman–Crippen LogP) is 4.22. The van der Waals surface area contributed by atoms with Crippen LogP contribution in [-0.2, 0) is 0 Å². The Labute approximate surface area is 110 Å². The van der Waals surface area contributed by atoms with E-state index in [1.54, 1.807) is 0 Å². The van der Waals surface area contributed by atoms with Crippen molar-refractivity contribution >= 4 is 11.6 Å². The molecule has 2 rings (SSSR count). The van der Waals surface area contributed by atoms with Crippen molar-refractivity contribution in [3.63, 3.8) is 0 Å². The van der Waals surface area contributed by atoms with E-state index in [1.807, 2.05) is 6.07 Å². The third kappa shape index (κ3) is 2.51. The van der Waals surface area contributed by atoms with Crippen molar-refractivity contribution in [1.29, 1.82) is 0 Å². The van der Waals surface area contributed by atoms with Crippen LogP contribution >= 0.6 is 11.6 Å². The van der Waals surface area contributed by atoms with E-state index in [0.717, 1.165) is 18.1 Å². The van der Waals surface area contributed by atoms with E-state index in [0.29, 0.717) is 11.3 Å². The van der Waals surface area contributed by atoms with Crippen molar-refractivity contribution < 1.29 is 0 Å². The van der Waals surface area contributed by atoms with Gasteiger partial charge in [-0.3, -0.25) is 0 Å². The number of nitrogens with one attached hydrogen (secondary N) is 1. The quantitative estimate of drug-likeness (QED) is 0.848. The van der Waals surface area contributed by atoms with Gasteiger partial charge in [0, 0.05) is 17.5 Å². The SMILES string of the molecule is CCC1(CC)CCNCC1c1cccc(Cl)c1. The van der Waals surface area contributed by atoms with Crippen LogP contribution in [0.1, 0.15) is 44.6 Å². The molecule has 2 heteroatoms. The minimum atomic E-state index is 0.454. The van der Waals surface area contributed by atoms with Gasteiger partial charge in [-0.2, -0.15) is 0 Å². The fourth-order valence-electron chi connectivity index (χ4n) is 3.27. The summed E-state index contributed by atoms with van der Waals surface area (Å²) in [7, 11) is 0. The van der Waals surface area contributed by atoms with Gasteiger partial charge in [0.15, 0.2) is 0 Å². The molecule has 1 aromatic carbocycles. The van der Waals surface area contributed by atoms with Crippen LogP contribution in [0.5, 0.6) is 0 Å². The average Bonchev–Trinajstić information content (AvgIpc) is 2.38. The Morgan fingerprint density at radius 1 is 1.35 bits per heavy atom. The molecule has 0 saturated carbocycles. The van der Waals surface area contributed by atoms with Gasteiger partial charge in [0.1, 0.15) is 0 Å². The maximum atomic E-state index is 6.12. The maximum Gasteiger partial charge on any atom is 0.0408 e. The Morgan fingerprint density at radius 2 is 2.12 bits per heavy atom. The first-order valence-corrected chi connectivity index (χ1v) is 7.06. The molecule has 1 nitrogen and oxygen atoms in total. The molecule has 0 radical (unpaired) electrons. The summed E-state index contributed by atoms with van der Waals surface area (Å²) >= 11 is 6.12. The smallest absolute Gasteiger partial charge is 0.0408 e. The summed E-state index contributed by atoms with van der Waals surface area (Å²) in [4.78, 5) is 0. The lowest BCUT2D eigenvalue weighted by Crippen LogP contribution is -2.43. The van der Waals surface area contributed by atoms with Crippen LogP contribution in [0.2, 0.25) is 5.02 Å². The Morgan fingerprint density at radius 3 is 2.76 bits per heavy atom. The van der Waals surface area contributed by atoms with Crippen LogP contribution in [-0.4, -0.2) is 13.1 Å². The topological polar surface area (TPSA) is 12.0 Å². The molecule has 17 heavy (non-hydrogen) atoms. The third-order valence-corrected chi connectivity index (χ3v) is 4.78. The van der Waals surface area contributed by atoms with Gasteiger partial charge < -0.3 is 5.32 Å². The second-order valence-corrected chi connectivity index (χ2v) is 5.57. The van der Waals surface area contributed by atoms with Gasteiger partial charge in [-0.1, -0.05) is 37.6 Å². The van der Waals surface area contributed by atoms with Gasteiger partial charge in [0.25, 0.3) is 0 Å². The lowest BCUT2D eigenvalue weighted by Gasteiger charge is -2.44. The molecule has 94 valence electrons. The van der Waals surface area contributed by atoms with E-state index in [-0.39, 0.29) is 0 Å². The van der Waals surface area contributed by atoms with Crippen molar-refractivity contribution in [2.24, 2.45) is 5.41 Å². The highest BCUT2D eigenvalue weighted by atomic mass is 35.5. The molecule has 1 unspecified atom stereocenters. The maximum absolute atomic E-state index is 6.12. The van der Waals surface area contributed by atoms with Crippen molar-refractivity contribution in [2.75, 3.05) is 13.1 Å². The Bertz CT molecular complexity index is 371. The summed E-state index contributed by atoms with van der Waals surface area (Å²) in [5.74, 6) is 0.602. The predicted molar refractivity (Wildman–Crippen MR) is 74.7 cm³/mol. The van der Waals surface area contributed by atoms with Gasteiger partial charge >= 0.3 is 0 Å². The van der Waals surface area contributed by atoms with E-state index < -0.39 is 0 Å². The number of piperidine rings is 1. The molecule has 0 bridgehead atoms. The summed E-state index contributed by atoms with van der Waals surface area (Å²) in [6.07, 6.45) is 3.78. The normalized spacial score (nSPS) is 23.6. The molecule has 1 fully saturated rings. The fraction of sp³-hybridized carbons (Fsp3) is 0.600. The standard InChI is InChI=1S/C15H22ClN/c1-3-15(4-2)8-9-17-11-14(15)12-6-5-7-13(16)10-12/h5-7,10,14,17H,3-4,8-9,11H2,1-2H3. The summed E-state index contributed by atoms with van der Waals surface area (Å²) in [5.41, 5.74) is 1.85. The van der Waals surface area contributed by atoms with Crippen molar-refractivity contribution in [2.45, 2.75) is 39.0 Å². The van der Waals surface area contributed by atoms with Crippen molar-refractivity contribution in [1.82, 2.24) is 5.32 Å². The van der Waals surface area contributed by atoms with Crippen LogP contribution in [0, 0.1) is 5.41 Å². The second-order valence-electron chi connectivity index (χ2n) is 5.13. The first-order valence-electron chi connectivity index (χ1n) is 6.68. The van der Waals surface area contributed by atoms with Crippen molar-refractivity contribution in [3.05, 3.63) is 34.9 Å². The Hall–Kier alpha value is -0.530. The van der Waals surface area contributed by atoms with Gasteiger partial charge in [-0.15, -0.1) is 0 Å². The molecule has 1 N–H and O–H groups in total. The largest absolute Gasteiger partial charge is 0.316 e. The van der Waals surface area contributed by atoms with E-state index >= 15 is 0 Å². The summed E-state index contributed by atoms with van der Waals surface area (Å²) in [5, 5.41) is 4.39. The molecule has 0 amide bonds. The molecular weight excluding hydrogens is 230 g/mol. The second kappa shape index (κ2) is 5.41. The number of hydrogen-bond donors (Lipinski definition) is 1. The van der Waals surface area contributed by atoms with Crippen LogP contribution < -0.4 is 5.32 Å². The molecule has 0 aliphatic carbocycles. The highest BCUT2D eigenvalue weighted by Gasteiger charge is 2.38. The number of halogens is 1. The zero-order chi connectivity index (χ0) is 12.3. The van der Waals surface area contributed by atoms with E-state index in [2.05, 4.69) is 37.4 Å². The molecule has 1 saturated heterocycles. The van der Waals surface area contributed by atoms with Crippen LogP contribution in [0.4, 0.5) is 0 Å². The van der Waals surface area contributed by atoms with Crippen molar-refractivity contribution in [3.8, 4) is 0 Å². The number of rotatable bonds is 3. The van der Waals surface area contributed by atoms with Crippen LogP contribution in [0.15, 0.2) is 24.3 Å². The fourth-order valence-corrected chi connectivity index (χ4v) is 3.46. The van der Waals surface area contributed by atoms with E-state index in [9.17, 15) is 0 Å². The molecule has 0 aromatic heterocycles. The van der Waals surface area contributed by atoms with Gasteiger partial charge in [0.2, 0.25) is 0 Å². The lowest BCUT2D eigenvalue weighted by molar-refractivity contribution is 0.148. The highest BCUT2D eigenvalue weighted by molar-refractivity contribution is 6.30. The molecular formula is C15H22ClN. The van der Waals surface area contributed by atoms with Gasteiger partial charge in [0.05, 0.1) is 0 Å². The summed E-state index contributed by atoms with van der Waals surface area (Å²) in [6, 6.07) is 8.39. The van der Waals surface area contributed by atoms with Crippen LogP contribution in [0.3, 0.4) is 0 Å². The molecule has 1 atom stereocenters. The van der Waals surface area contributed by atoms with E-state index in [4.69, 9.17) is 11.6 Å². The number of benzene rings is 1. The average molecular weight is 252 g/mol. The van der Waals surface area contributed by atoms with Crippen LogP contribution in [0.25, 0.3) is 0 Å². The van der Waals surface area contributed by atoms with E-state index in [1.165, 1.54) is 24.8 Å². The number of hydrogen-bond acceptors (Lipinski definition) is 1. The first-order chi connectivity index (χ1) is 8.22. The lowest BCUT2D eigenvalue weighted by atomic mass is 9.65. The Balaban J connectivity index is 2.33. The molecule has 0 spiro atoms. The highest BCUT2D eigenvalue weighted by Crippen LogP contribution is 2.46. The molecule has 1 aromatic rings. The molecule has 1 aliphatic rings. The molecule has 1 aliphatic heterocycles. The van der Waals surface area contributed by atoms with Gasteiger partial charge in [-0.05, 0) is 48.9 Å². The minimum Gasteiger partial charge on any atom is -0.316 e. The summed E-state index contributed by atoms with van der Waals surface area (Å²) < 4.78 is 0. The monoisotopic (exact) mass is 251 g/mol. The molecule has 1 heterocycles. The third-order valence-electron chi connectivity index (χ3n) is 4.55. The minimum absolute atomic E-state index is 0.454.